The van der Waals surface area contributed by atoms with Crippen LogP contribution in [0.3, 0.4) is 0 Å². The number of ether oxygens (including phenoxy) is 1. The SMILES string of the molecule is CCC(O)(CC(=O)OC(C)C)/C(C)=C/[N+](=O)[O-]. The molecule has 0 heterocycles. The van der Waals surface area contributed by atoms with Gasteiger partial charge in [0.2, 0.25) is 6.20 Å². The van der Waals surface area contributed by atoms with Crippen molar-refractivity contribution >= 4 is 5.97 Å². The number of hydrogen-bond acceptors (Lipinski definition) is 5. The van der Waals surface area contributed by atoms with Crippen LogP contribution in [0.2, 0.25) is 0 Å². The van der Waals surface area contributed by atoms with E-state index < -0.39 is 16.5 Å². The maximum Gasteiger partial charge on any atom is 0.309 e. The van der Waals surface area contributed by atoms with Crippen molar-refractivity contribution in [2.75, 3.05) is 0 Å². The Kier molecular flexibility index (Phi) is 5.81. The average Bonchev–Trinajstić information content (AvgIpc) is 2.14. The Morgan fingerprint density at radius 3 is 2.47 bits per heavy atom. The summed E-state index contributed by atoms with van der Waals surface area (Å²) in [6.45, 7) is 6.47. The highest BCUT2D eigenvalue weighted by atomic mass is 16.6. The summed E-state index contributed by atoms with van der Waals surface area (Å²) in [4.78, 5) is 21.1. The van der Waals surface area contributed by atoms with Crippen molar-refractivity contribution in [2.45, 2.75) is 52.2 Å². The lowest BCUT2D eigenvalue weighted by Crippen LogP contribution is -2.34. The molecule has 0 aliphatic carbocycles. The second-order valence-corrected chi connectivity index (χ2v) is 4.20. The van der Waals surface area contributed by atoms with Crippen LogP contribution >= 0.6 is 0 Å². The van der Waals surface area contributed by atoms with Crippen LogP contribution in [0.15, 0.2) is 11.8 Å². The third-order valence-corrected chi connectivity index (χ3v) is 2.42. The molecule has 0 aromatic carbocycles. The fourth-order valence-corrected chi connectivity index (χ4v) is 1.36. The molecule has 0 rings (SSSR count). The number of hydrogen-bond donors (Lipinski definition) is 1. The van der Waals surface area contributed by atoms with Crippen LogP contribution in [0, 0.1) is 10.1 Å². The van der Waals surface area contributed by atoms with Gasteiger partial charge < -0.3 is 9.84 Å². The molecule has 0 amide bonds. The molecule has 1 unspecified atom stereocenters. The van der Waals surface area contributed by atoms with Crippen LogP contribution in [0.5, 0.6) is 0 Å². The lowest BCUT2D eigenvalue weighted by Gasteiger charge is -2.25. The van der Waals surface area contributed by atoms with Crippen molar-refractivity contribution in [1.82, 2.24) is 0 Å². The third kappa shape index (κ3) is 5.44. The molecule has 0 saturated heterocycles. The van der Waals surface area contributed by atoms with Crippen LogP contribution in [0.25, 0.3) is 0 Å². The van der Waals surface area contributed by atoms with Gasteiger partial charge in [0.05, 0.1) is 17.4 Å². The Bertz CT molecular complexity index is 324. The molecule has 0 aromatic heterocycles. The zero-order valence-corrected chi connectivity index (χ0v) is 10.6. The van der Waals surface area contributed by atoms with Crippen molar-refractivity contribution in [3.05, 3.63) is 21.9 Å². The van der Waals surface area contributed by atoms with E-state index in [2.05, 4.69) is 0 Å². The van der Waals surface area contributed by atoms with Gasteiger partial charge in [-0.1, -0.05) is 6.92 Å². The molecule has 6 nitrogen and oxygen atoms in total. The highest BCUT2D eigenvalue weighted by Crippen LogP contribution is 2.25. The Hall–Kier alpha value is -1.43. The summed E-state index contributed by atoms with van der Waals surface area (Å²) in [5.41, 5.74) is -1.37. The number of rotatable bonds is 6. The summed E-state index contributed by atoms with van der Waals surface area (Å²) >= 11 is 0. The first-order valence-electron chi connectivity index (χ1n) is 5.45. The number of aliphatic hydroxyl groups is 1. The fourth-order valence-electron chi connectivity index (χ4n) is 1.36. The molecule has 0 aromatic rings. The number of esters is 1. The predicted octanol–water partition coefficient (Wildman–Crippen LogP) is 1.65. The van der Waals surface area contributed by atoms with Crippen molar-refractivity contribution in [1.29, 1.82) is 0 Å². The fraction of sp³-hybridized carbons (Fsp3) is 0.727. The summed E-state index contributed by atoms with van der Waals surface area (Å²) in [7, 11) is 0. The number of carbonyl (C=O) groups is 1. The summed E-state index contributed by atoms with van der Waals surface area (Å²) < 4.78 is 4.91. The molecule has 0 aliphatic rings. The lowest BCUT2D eigenvalue weighted by molar-refractivity contribution is -0.404. The Morgan fingerprint density at radius 1 is 1.59 bits per heavy atom. The van der Waals surface area contributed by atoms with E-state index in [0.29, 0.717) is 6.20 Å². The minimum Gasteiger partial charge on any atom is -0.463 e. The van der Waals surface area contributed by atoms with E-state index in [4.69, 9.17) is 4.74 Å². The van der Waals surface area contributed by atoms with Gasteiger partial charge in [-0.2, -0.15) is 0 Å². The lowest BCUT2D eigenvalue weighted by atomic mass is 9.89. The quantitative estimate of drug-likeness (QED) is 0.436. The largest absolute Gasteiger partial charge is 0.463 e. The molecule has 6 heteroatoms. The molecule has 0 aliphatic heterocycles. The zero-order chi connectivity index (χ0) is 13.6. The van der Waals surface area contributed by atoms with Crippen LogP contribution in [0.1, 0.15) is 40.5 Å². The molecule has 98 valence electrons. The smallest absolute Gasteiger partial charge is 0.309 e. The van der Waals surface area contributed by atoms with Gasteiger partial charge in [0.1, 0.15) is 5.60 Å². The predicted molar refractivity (Wildman–Crippen MR) is 61.8 cm³/mol. The topological polar surface area (TPSA) is 89.7 Å². The number of nitrogens with zero attached hydrogens (tertiary/aromatic N) is 1. The first-order valence-corrected chi connectivity index (χ1v) is 5.45. The van der Waals surface area contributed by atoms with Gasteiger partial charge in [0.25, 0.3) is 0 Å². The molecule has 0 radical (unpaired) electrons. The summed E-state index contributed by atoms with van der Waals surface area (Å²) in [6, 6.07) is 0. The third-order valence-electron chi connectivity index (χ3n) is 2.42. The molecule has 0 bridgehead atoms. The average molecular weight is 245 g/mol. The van der Waals surface area contributed by atoms with E-state index in [9.17, 15) is 20.0 Å². The van der Waals surface area contributed by atoms with Crippen molar-refractivity contribution in [3.8, 4) is 0 Å². The highest BCUT2D eigenvalue weighted by Gasteiger charge is 2.33. The van der Waals surface area contributed by atoms with Gasteiger partial charge in [-0.25, -0.2) is 0 Å². The monoisotopic (exact) mass is 245 g/mol. The normalized spacial score (nSPS) is 15.5. The van der Waals surface area contributed by atoms with Gasteiger partial charge in [-0.15, -0.1) is 0 Å². The summed E-state index contributed by atoms with van der Waals surface area (Å²) in [6.07, 6.45) is 0.365. The standard InChI is InChI=1S/C11H19NO5/c1-5-11(14,9(4)7-12(15)16)6-10(13)17-8(2)3/h7-8,14H,5-6H2,1-4H3/b9-7+. The molecule has 0 saturated carbocycles. The van der Waals surface area contributed by atoms with Crippen LogP contribution in [0.4, 0.5) is 0 Å². The number of nitro groups is 1. The van der Waals surface area contributed by atoms with Crippen LogP contribution in [-0.2, 0) is 9.53 Å². The first kappa shape index (κ1) is 15.6. The van der Waals surface area contributed by atoms with E-state index in [1.165, 1.54) is 6.92 Å². The van der Waals surface area contributed by atoms with E-state index >= 15 is 0 Å². The van der Waals surface area contributed by atoms with Crippen LogP contribution < -0.4 is 0 Å². The first-order chi connectivity index (χ1) is 7.71. The summed E-state index contributed by atoms with van der Waals surface area (Å²) in [5, 5.41) is 20.5. The molecule has 0 spiro atoms. The molecule has 17 heavy (non-hydrogen) atoms. The van der Waals surface area contributed by atoms with Gasteiger partial charge >= 0.3 is 5.97 Å². The van der Waals surface area contributed by atoms with Gasteiger partial charge in [0, 0.05) is 5.57 Å². The van der Waals surface area contributed by atoms with Gasteiger partial charge in [-0.05, 0) is 27.2 Å². The second kappa shape index (κ2) is 6.34. The Balaban J connectivity index is 4.79. The van der Waals surface area contributed by atoms with Crippen molar-refractivity contribution in [2.24, 2.45) is 0 Å². The highest BCUT2D eigenvalue weighted by molar-refractivity contribution is 5.71. The molecule has 1 atom stereocenters. The zero-order valence-electron chi connectivity index (χ0n) is 10.6. The van der Waals surface area contributed by atoms with Crippen LogP contribution in [-0.4, -0.2) is 27.7 Å². The van der Waals surface area contributed by atoms with E-state index in [-0.39, 0.29) is 24.5 Å². The van der Waals surface area contributed by atoms with Crippen molar-refractivity contribution in [3.63, 3.8) is 0 Å². The Morgan fingerprint density at radius 2 is 2.12 bits per heavy atom. The molecular weight excluding hydrogens is 226 g/mol. The van der Waals surface area contributed by atoms with E-state index in [1.807, 2.05) is 0 Å². The minimum atomic E-state index is -1.51. The minimum absolute atomic E-state index is 0.144. The molecule has 1 N–H and O–H groups in total. The van der Waals surface area contributed by atoms with Gasteiger partial charge in [0.15, 0.2) is 0 Å². The molecular formula is C11H19NO5. The van der Waals surface area contributed by atoms with E-state index in [1.54, 1.807) is 20.8 Å². The molecule has 0 fully saturated rings. The van der Waals surface area contributed by atoms with Gasteiger partial charge in [-0.3, -0.25) is 14.9 Å². The summed E-state index contributed by atoms with van der Waals surface area (Å²) in [5.74, 6) is -0.569. The maximum atomic E-state index is 11.4. The second-order valence-electron chi connectivity index (χ2n) is 4.20. The van der Waals surface area contributed by atoms with E-state index in [0.717, 1.165) is 0 Å². The van der Waals surface area contributed by atoms with Crippen molar-refractivity contribution < 1.29 is 19.6 Å². The number of carbonyl (C=O) groups excluding carboxylic acids is 1. The maximum absolute atomic E-state index is 11.4. The Labute approximate surface area is 100 Å².